The second kappa shape index (κ2) is 6.67. The largest absolute Gasteiger partial charge is 0.300 e. The van der Waals surface area contributed by atoms with Crippen molar-refractivity contribution in [3.63, 3.8) is 0 Å². The van der Waals surface area contributed by atoms with Gasteiger partial charge in [-0.05, 0) is 39.4 Å². The summed E-state index contributed by atoms with van der Waals surface area (Å²) < 4.78 is 0. The number of carbonyl (C=O) groups is 1. The van der Waals surface area contributed by atoms with Crippen LogP contribution in [0.1, 0.15) is 36.8 Å². The molecule has 1 aliphatic carbocycles. The lowest BCUT2D eigenvalue weighted by Crippen LogP contribution is -2.44. The van der Waals surface area contributed by atoms with Crippen LogP contribution in [0.3, 0.4) is 0 Å². The second-order valence-corrected chi connectivity index (χ2v) is 5.33. The van der Waals surface area contributed by atoms with Crippen LogP contribution >= 0.6 is 0 Å². The van der Waals surface area contributed by atoms with Crippen LogP contribution in [0.4, 0.5) is 0 Å². The summed E-state index contributed by atoms with van der Waals surface area (Å²) in [6, 6.07) is 8.70. The summed E-state index contributed by atoms with van der Waals surface area (Å²) in [6.07, 6.45) is 3.32. The van der Waals surface area contributed by atoms with E-state index in [0.717, 1.165) is 12.8 Å². The molecule has 0 spiro atoms. The number of aryl methyl sites for hydroxylation is 1. The quantitative estimate of drug-likeness (QED) is 0.755. The highest BCUT2D eigenvalue weighted by atomic mass is 16.1. The summed E-state index contributed by atoms with van der Waals surface area (Å²) in [6.45, 7) is 8.13. The van der Waals surface area contributed by atoms with E-state index in [4.69, 9.17) is 0 Å². The van der Waals surface area contributed by atoms with Crippen molar-refractivity contribution in [2.75, 3.05) is 14.1 Å². The molecule has 1 aliphatic rings. The van der Waals surface area contributed by atoms with Crippen molar-refractivity contribution in [2.24, 2.45) is 0 Å². The van der Waals surface area contributed by atoms with E-state index in [2.05, 4.69) is 63.3 Å². The van der Waals surface area contributed by atoms with Crippen LogP contribution in [0, 0.1) is 6.92 Å². The van der Waals surface area contributed by atoms with Crippen molar-refractivity contribution in [3.8, 4) is 0 Å². The average molecular weight is 259 g/mol. The van der Waals surface area contributed by atoms with Gasteiger partial charge in [-0.3, -0.25) is 9.69 Å². The van der Waals surface area contributed by atoms with E-state index in [-0.39, 0.29) is 5.54 Å². The number of Topliss-reactive ketones (excluding diaryl/α,β-unsaturated/α-hetero) is 1. The van der Waals surface area contributed by atoms with Gasteiger partial charge in [-0.1, -0.05) is 29.8 Å². The van der Waals surface area contributed by atoms with Gasteiger partial charge in [0.2, 0.25) is 0 Å². The predicted octanol–water partition coefficient (Wildman–Crippen LogP) is 3.70. The molecule has 0 radical (unpaired) electrons. The molecule has 0 N–H and O–H groups in total. The highest BCUT2D eigenvalue weighted by Gasteiger charge is 2.38. The summed E-state index contributed by atoms with van der Waals surface area (Å²) in [7, 11) is 4.25. The maximum absolute atomic E-state index is 11.5. The Morgan fingerprint density at radius 1 is 1.16 bits per heavy atom. The first-order chi connectivity index (χ1) is 9.04. The monoisotopic (exact) mass is 259 g/mol. The van der Waals surface area contributed by atoms with Gasteiger partial charge in [0.15, 0.2) is 0 Å². The topological polar surface area (TPSA) is 20.3 Å². The van der Waals surface area contributed by atoms with Gasteiger partial charge in [-0.15, -0.1) is 13.2 Å². The van der Waals surface area contributed by atoms with Crippen molar-refractivity contribution in [2.45, 2.75) is 38.1 Å². The molecular weight excluding hydrogens is 234 g/mol. The summed E-state index contributed by atoms with van der Waals surface area (Å²) >= 11 is 0. The van der Waals surface area contributed by atoms with Crippen molar-refractivity contribution in [1.29, 1.82) is 0 Å². The average Bonchev–Trinajstić information content (AvgIpc) is 2.42. The third-order valence-corrected chi connectivity index (χ3v) is 4.05. The van der Waals surface area contributed by atoms with Crippen molar-refractivity contribution < 1.29 is 4.79 Å². The van der Waals surface area contributed by atoms with Gasteiger partial charge in [0.25, 0.3) is 0 Å². The molecule has 0 aliphatic heterocycles. The number of carbonyl (C=O) groups excluding carboxylic acids is 1. The molecular formula is C17H25NO. The molecule has 0 unspecified atom stereocenters. The molecule has 2 heteroatoms. The fourth-order valence-electron chi connectivity index (χ4n) is 2.87. The molecule has 104 valence electrons. The molecule has 19 heavy (non-hydrogen) atoms. The lowest BCUT2D eigenvalue weighted by atomic mass is 9.75. The summed E-state index contributed by atoms with van der Waals surface area (Å²) in [5, 5.41) is 0. The normalized spacial score (nSPS) is 17.8. The summed E-state index contributed by atoms with van der Waals surface area (Å²) in [4.78, 5) is 13.7. The highest BCUT2D eigenvalue weighted by molar-refractivity contribution is 5.79. The number of benzene rings is 1. The van der Waals surface area contributed by atoms with Crippen molar-refractivity contribution in [3.05, 3.63) is 48.6 Å². The zero-order chi connectivity index (χ0) is 14.5. The molecule has 0 atom stereocenters. The van der Waals surface area contributed by atoms with E-state index in [9.17, 15) is 4.79 Å². The molecule has 1 aromatic carbocycles. The number of hydrogen-bond donors (Lipinski definition) is 0. The summed E-state index contributed by atoms with van der Waals surface area (Å²) in [5.41, 5.74) is 2.70. The van der Waals surface area contributed by atoms with Gasteiger partial charge >= 0.3 is 0 Å². The molecule has 0 amide bonds. The van der Waals surface area contributed by atoms with Crippen LogP contribution in [0.2, 0.25) is 0 Å². The Bertz CT molecular complexity index is 427. The molecule has 1 aromatic rings. The van der Waals surface area contributed by atoms with E-state index in [1.807, 2.05) is 0 Å². The Morgan fingerprint density at radius 3 is 2.21 bits per heavy atom. The molecule has 0 bridgehead atoms. The third kappa shape index (κ3) is 3.32. The number of hydrogen-bond acceptors (Lipinski definition) is 2. The summed E-state index contributed by atoms with van der Waals surface area (Å²) in [5.74, 6) is 0.412. The number of nitrogens with zero attached hydrogens (tertiary/aromatic N) is 1. The van der Waals surface area contributed by atoms with Gasteiger partial charge in [0.1, 0.15) is 5.78 Å². The van der Waals surface area contributed by atoms with Crippen molar-refractivity contribution in [1.82, 2.24) is 4.90 Å². The minimum Gasteiger partial charge on any atom is -0.300 e. The maximum atomic E-state index is 11.5. The SMILES string of the molecule is C=C.Cc1cccc(C2(N(C)C)CCC(=O)CC2)c1. The smallest absolute Gasteiger partial charge is 0.133 e. The Kier molecular flexibility index (Phi) is 5.49. The first-order valence-corrected chi connectivity index (χ1v) is 6.81. The molecule has 2 rings (SSSR count). The Hall–Kier alpha value is -1.41. The minimum atomic E-state index is 0.0555. The van der Waals surface area contributed by atoms with Crippen LogP contribution in [0.5, 0.6) is 0 Å². The minimum absolute atomic E-state index is 0.0555. The predicted molar refractivity (Wildman–Crippen MR) is 81.3 cm³/mol. The van der Waals surface area contributed by atoms with Crippen LogP contribution in [-0.4, -0.2) is 24.8 Å². The fourth-order valence-corrected chi connectivity index (χ4v) is 2.87. The third-order valence-electron chi connectivity index (χ3n) is 4.05. The number of ketones is 1. The Balaban J connectivity index is 0.000000861. The lowest BCUT2D eigenvalue weighted by Gasteiger charge is -2.43. The van der Waals surface area contributed by atoms with E-state index < -0.39 is 0 Å². The second-order valence-electron chi connectivity index (χ2n) is 5.33. The molecule has 0 aromatic heterocycles. The Morgan fingerprint density at radius 2 is 1.74 bits per heavy atom. The van der Waals surface area contributed by atoms with Crippen molar-refractivity contribution >= 4 is 5.78 Å². The zero-order valence-corrected chi connectivity index (χ0v) is 12.4. The van der Waals surface area contributed by atoms with Crippen LogP contribution in [0.25, 0.3) is 0 Å². The zero-order valence-electron chi connectivity index (χ0n) is 12.4. The maximum Gasteiger partial charge on any atom is 0.133 e. The molecule has 1 saturated carbocycles. The number of rotatable bonds is 2. The van der Waals surface area contributed by atoms with Gasteiger partial charge in [-0.25, -0.2) is 0 Å². The molecule has 0 saturated heterocycles. The van der Waals surface area contributed by atoms with Crippen LogP contribution < -0.4 is 0 Å². The van der Waals surface area contributed by atoms with E-state index in [1.165, 1.54) is 11.1 Å². The lowest BCUT2D eigenvalue weighted by molar-refractivity contribution is -0.122. The molecule has 0 heterocycles. The highest BCUT2D eigenvalue weighted by Crippen LogP contribution is 2.40. The standard InChI is InChI=1S/C15H21NO.C2H4/c1-12-5-4-6-13(11-12)15(16(2)3)9-7-14(17)8-10-15;1-2/h4-6,11H,7-10H2,1-3H3;1-2H2. The van der Waals surface area contributed by atoms with E-state index in [1.54, 1.807) is 0 Å². The van der Waals surface area contributed by atoms with Crippen LogP contribution in [0.15, 0.2) is 37.4 Å². The van der Waals surface area contributed by atoms with Crippen LogP contribution in [-0.2, 0) is 10.3 Å². The van der Waals surface area contributed by atoms with E-state index >= 15 is 0 Å². The Labute approximate surface area is 117 Å². The van der Waals surface area contributed by atoms with E-state index in [0.29, 0.717) is 18.6 Å². The van der Waals surface area contributed by atoms with Gasteiger partial charge < -0.3 is 0 Å². The van der Waals surface area contributed by atoms with Gasteiger partial charge in [-0.2, -0.15) is 0 Å². The fraction of sp³-hybridized carbons (Fsp3) is 0.471. The first-order valence-electron chi connectivity index (χ1n) is 6.81. The first kappa shape index (κ1) is 15.6. The molecule has 1 fully saturated rings. The van der Waals surface area contributed by atoms with Gasteiger partial charge in [0.05, 0.1) is 0 Å². The van der Waals surface area contributed by atoms with Gasteiger partial charge in [0, 0.05) is 18.4 Å². The molecule has 2 nitrogen and oxygen atoms in total.